The Kier molecular flexibility index (Phi) is 2.62. The van der Waals surface area contributed by atoms with Crippen LogP contribution in [0.4, 0.5) is 0 Å². The van der Waals surface area contributed by atoms with Gasteiger partial charge in [0.25, 0.3) is 0 Å². The Balaban J connectivity index is 2.00. The van der Waals surface area contributed by atoms with E-state index in [0.29, 0.717) is 12.3 Å². The van der Waals surface area contributed by atoms with Gasteiger partial charge in [0.2, 0.25) is 0 Å². The van der Waals surface area contributed by atoms with Gasteiger partial charge >= 0.3 is 0 Å². The van der Waals surface area contributed by atoms with Crippen LogP contribution in [0.2, 0.25) is 0 Å². The van der Waals surface area contributed by atoms with Crippen LogP contribution in [-0.2, 0) is 4.79 Å². The molecule has 3 heteroatoms. The number of Topliss-reactive ketones (excluding diaryl/α,β-unsaturated/α-hetero) is 1. The normalized spacial score (nSPS) is 40.4. The van der Waals surface area contributed by atoms with E-state index in [4.69, 9.17) is 0 Å². The van der Waals surface area contributed by atoms with Crippen LogP contribution in [0, 0.1) is 0 Å². The molecule has 0 aromatic carbocycles. The first kappa shape index (κ1) is 10.1. The second-order valence-electron chi connectivity index (χ2n) is 4.95. The van der Waals surface area contributed by atoms with E-state index < -0.39 is 5.60 Å². The number of carbonyl (C=O) groups is 1. The minimum atomic E-state index is -0.582. The molecule has 2 atom stereocenters. The fourth-order valence-corrected chi connectivity index (χ4v) is 2.71. The topological polar surface area (TPSA) is 40.5 Å². The van der Waals surface area contributed by atoms with Gasteiger partial charge in [-0.2, -0.15) is 0 Å². The summed E-state index contributed by atoms with van der Waals surface area (Å²) in [5.74, 6) is 0.378. The zero-order valence-corrected chi connectivity index (χ0v) is 8.83. The first-order valence-electron chi connectivity index (χ1n) is 5.58. The fraction of sp³-hybridized carbons (Fsp3) is 0.909. The van der Waals surface area contributed by atoms with E-state index in [-0.39, 0.29) is 6.04 Å². The van der Waals surface area contributed by atoms with Crippen molar-refractivity contribution in [2.24, 2.45) is 0 Å². The lowest BCUT2D eigenvalue weighted by molar-refractivity contribution is -0.124. The third-order valence-corrected chi connectivity index (χ3v) is 3.42. The second-order valence-corrected chi connectivity index (χ2v) is 4.95. The lowest BCUT2D eigenvalue weighted by Crippen LogP contribution is -2.51. The summed E-state index contributed by atoms with van der Waals surface area (Å²) in [6, 6.07) is 0.113. The Bertz CT molecular complexity index is 237. The molecule has 1 saturated carbocycles. The molecule has 1 saturated heterocycles. The molecule has 2 unspecified atom stereocenters. The van der Waals surface area contributed by atoms with Crippen LogP contribution in [0.25, 0.3) is 0 Å². The van der Waals surface area contributed by atoms with Gasteiger partial charge in [-0.05, 0) is 39.2 Å². The number of carbonyl (C=O) groups excluding carboxylic acids is 1. The molecule has 80 valence electrons. The molecular weight excluding hydrogens is 178 g/mol. The summed E-state index contributed by atoms with van der Waals surface area (Å²) in [6.45, 7) is 3.52. The van der Waals surface area contributed by atoms with Crippen LogP contribution >= 0.6 is 0 Å². The van der Waals surface area contributed by atoms with Crippen LogP contribution in [0.1, 0.15) is 39.0 Å². The number of piperidine rings is 1. The van der Waals surface area contributed by atoms with Crippen LogP contribution in [0.15, 0.2) is 0 Å². The predicted octanol–water partition coefficient (Wildman–Crippen LogP) is 0.955. The Morgan fingerprint density at radius 3 is 2.86 bits per heavy atom. The first-order valence-corrected chi connectivity index (χ1v) is 5.58. The lowest BCUT2D eigenvalue weighted by Gasteiger charge is -2.39. The number of hydrogen-bond donors (Lipinski definition) is 1. The molecule has 14 heavy (non-hydrogen) atoms. The quantitative estimate of drug-likeness (QED) is 0.680. The fourth-order valence-electron chi connectivity index (χ4n) is 2.71. The van der Waals surface area contributed by atoms with Gasteiger partial charge in [0.15, 0.2) is 0 Å². The van der Waals surface area contributed by atoms with Gasteiger partial charge in [-0.1, -0.05) is 0 Å². The van der Waals surface area contributed by atoms with Crippen molar-refractivity contribution in [3.05, 3.63) is 0 Å². The number of aliphatic hydroxyl groups is 1. The highest BCUT2D eigenvalue weighted by molar-refractivity contribution is 5.85. The number of hydrogen-bond acceptors (Lipinski definition) is 3. The minimum absolute atomic E-state index is 0.113. The zero-order chi connectivity index (χ0) is 10.2. The van der Waals surface area contributed by atoms with E-state index in [2.05, 4.69) is 4.90 Å². The number of ketones is 1. The Morgan fingerprint density at radius 1 is 1.50 bits per heavy atom. The molecule has 0 aromatic rings. The van der Waals surface area contributed by atoms with E-state index in [1.54, 1.807) is 0 Å². The summed E-state index contributed by atoms with van der Waals surface area (Å²) in [4.78, 5) is 13.7. The van der Waals surface area contributed by atoms with Crippen molar-refractivity contribution in [2.45, 2.75) is 50.7 Å². The maximum absolute atomic E-state index is 11.6. The minimum Gasteiger partial charge on any atom is -0.389 e. The van der Waals surface area contributed by atoms with E-state index in [1.165, 1.54) is 0 Å². The van der Waals surface area contributed by atoms with Gasteiger partial charge in [0.1, 0.15) is 5.78 Å². The highest BCUT2D eigenvalue weighted by Crippen LogP contribution is 2.27. The predicted molar refractivity (Wildman–Crippen MR) is 54.1 cm³/mol. The van der Waals surface area contributed by atoms with E-state index in [1.807, 2.05) is 6.92 Å². The highest BCUT2D eigenvalue weighted by atomic mass is 16.3. The largest absolute Gasteiger partial charge is 0.389 e. The SMILES string of the molecule is CC1(O)CCCN(C2CCCC2=O)C1. The molecular formula is C11H19NO2. The van der Waals surface area contributed by atoms with Crippen LogP contribution in [-0.4, -0.2) is 40.5 Å². The molecule has 1 heterocycles. The molecule has 1 aliphatic heterocycles. The van der Waals surface area contributed by atoms with Gasteiger partial charge < -0.3 is 5.11 Å². The molecule has 1 aliphatic carbocycles. The molecule has 2 aliphatic rings. The Hall–Kier alpha value is -0.410. The van der Waals surface area contributed by atoms with Gasteiger partial charge in [-0.3, -0.25) is 9.69 Å². The standard InChI is InChI=1S/C11H19NO2/c1-11(14)6-3-7-12(8-11)9-4-2-5-10(9)13/h9,14H,2-8H2,1H3. The monoisotopic (exact) mass is 197 g/mol. The Labute approximate surface area is 85.1 Å². The second kappa shape index (κ2) is 3.63. The summed E-state index contributed by atoms with van der Waals surface area (Å²) in [7, 11) is 0. The van der Waals surface area contributed by atoms with E-state index in [9.17, 15) is 9.90 Å². The zero-order valence-electron chi connectivity index (χ0n) is 8.83. The van der Waals surface area contributed by atoms with Crippen molar-refractivity contribution in [3.8, 4) is 0 Å². The number of likely N-dealkylation sites (tertiary alicyclic amines) is 1. The first-order chi connectivity index (χ1) is 6.58. The molecule has 3 nitrogen and oxygen atoms in total. The van der Waals surface area contributed by atoms with Crippen molar-refractivity contribution < 1.29 is 9.90 Å². The molecule has 2 rings (SSSR count). The van der Waals surface area contributed by atoms with E-state index in [0.717, 1.165) is 38.6 Å². The summed E-state index contributed by atoms with van der Waals surface area (Å²) < 4.78 is 0. The molecule has 0 spiro atoms. The van der Waals surface area contributed by atoms with Crippen molar-refractivity contribution in [1.82, 2.24) is 4.90 Å². The Morgan fingerprint density at radius 2 is 2.29 bits per heavy atom. The molecule has 0 bridgehead atoms. The summed E-state index contributed by atoms with van der Waals surface area (Å²) in [5.41, 5.74) is -0.582. The van der Waals surface area contributed by atoms with Crippen LogP contribution < -0.4 is 0 Å². The number of β-amino-alcohol motifs (C(OH)–C–C–N with tert-alkyl or cyclic N) is 1. The lowest BCUT2D eigenvalue weighted by atomic mass is 9.93. The number of rotatable bonds is 1. The molecule has 2 fully saturated rings. The van der Waals surface area contributed by atoms with Crippen molar-refractivity contribution in [1.29, 1.82) is 0 Å². The maximum Gasteiger partial charge on any atom is 0.149 e. The maximum atomic E-state index is 11.6. The highest BCUT2D eigenvalue weighted by Gasteiger charge is 2.36. The van der Waals surface area contributed by atoms with Gasteiger partial charge in [0.05, 0.1) is 11.6 Å². The van der Waals surface area contributed by atoms with Gasteiger partial charge in [-0.15, -0.1) is 0 Å². The third-order valence-electron chi connectivity index (χ3n) is 3.42. The average molecular weight is 197 g/mol. The molecule has 1 N–H and O–H groups in total. The van der Waals surface area contributed by atoms with Crippen LogP contribution in [0.5, 0.6) is 0 Å². The molecule has 0 amide bonds. The molecule has 0 aromatic heterocycles. The van der Waals surface area contributed by atoms with E-state index >= 15 is 0 Å². The van der Waals surface area contributed by atoms with Crippen molar-refractivity contribution in [2.75, 3.05) is 13.1 Å². The third kappa shape index (κ3) is 1.98. The molecule has 0 radical (unpaired) electrons. The smallest absolute Gasteiger partial charge is 0.149 e. The summed E-state index contributed by atoms with van der Waals surface area (Å²) >= 11 is 0. The van der Waals surface area contributed by atoms with Crippen molar-refractivity contribution >= 4 is 5.78 Å². The summed E-state index contributed by atoms with van der Waals surface area (Å²) in [5, 5.41) is 9.94. The van der Waals surface area contributed by atoms with Gasteiger partial charge in [-0.25, -0.2) is 0 Å². The van der Waals surface area contributed by atoms with Crippen molar-refractivity contribution in [3.63, 3.8) is 0 Å². The number of nitrogens with zero attached hydrogens (tertiary/aromatic N) is 1. The van der Waals surface area contributed by atoms with Crippen LogP contribution in [0.3, 0.4) is 0 Å². The average Bonchev–Trinajstić information content (AvgIpc) is 2.49. The van der Waals surface area contributed by atoms with Gasteiger partial charge in [0, 0.05) is 13.0 Å². The summed E-state index contributed by atoms with van der Waals surface area (Å²) in [6.07, 6.45) is 4.64.